The van der Waals surface area contributed by atoms with Crippen LogP contribution in [0.4, 0.5) is 8.78 Å². The van der Waals surface area contributed by atoms with Gasteiger partial charge in [0, 0.05) is 17.7 Å². The molecule has 24 heavy (non-hydrogen) atoms. The Kier molecular flexibility index (Phi) is 5.61. The second-order valence-corrected chi connectivity index (χ2v) is 5.88. The Bertz CT molecular complexity index is 876. The lowest BCUT2D eigenvalue weighted by molar-refractivity contribution is -0.121. The van der Waals surface area contributed by atoms with Gasteiger partial charge in [0.25, 0.3) is 5.56 Å². The van der Waals surface area contributed by atoms with Crippen LogP contribution in [0, 0.1) is 23.3 Å². The molecule has 1 heterocycles. The monoisotopic (exact) mass is 353 g/mol. The second-order valence-electron chi connectivity index (χ2n) is 5.47. The van der Waals surface area contributed by atoms with Gasteiger partial charge in [-0.1, -0.05) is 6.07 Å². The summed E-state index contributed by atoms with van der Waals surface area (Å²) in [7, 11) is 0. The third-order valence-electron chi connectivity index (χ3n) is 3.68. The zero-order chi connectivity index (χ0) is 17.9. The lowest BCUT2D eigenvalue weighted by Gasteiger charge is -2.14. The average molecular weight is 353 g/mol. The van der Waals surface area contributed by atoms with Gasteiger partial charge in [-0.25, -0.2) is 8.78 Å². The van der Waals surface area contributed by atoms with Gasteiger partial charge in [0.15, 0.2) is 16.4 Å². The Hall–Kier alpha value is -2.35. The fraction of sp³-hybridized carbons (Fsp3) is 0.312. The van der Waals surface area contributed by atoms with E-state index < -0.39 is 17.7 Å². The molecule has 0 fully saturated rings. The average Bonchev–Trinajstić information content (AvgIpc) is 2.48. The first-order valence-corrected chi connectivity index (χ1v) is 7.75. The van der Waals surface area contributed by atoms with Crippen LogP contribution in [-0.2, 0) is 11.2 Å². The Labute approximate surface area is 142 Å². The number of halogens is 2. The number of hydrogen-bond acceptors (Lipinski definition) is 3. The summed E-state index contributed by atoms with van der Waals surface area (Å²) in [4.78, 5) is 29.2. The first-order valence-electron chi connectivity index (χ1n) is 7.34. The predicted octanol–water partition coefficient (Wildman–Crippen LogP) is 2.83. The van der Waals surface area contributed by atoms with Crippen LogP contribution < -0.4 is 10.9 Å². The van der Waals surface area contributed by atoms with Crippen LogP contribution in [-0.4, -0.2) is 15.9 Å². The third kappa shape index (κ3) is 4.35. The molecule has 0 radical (unpaired) electrons. The van der Waals surface area contributed by atoms with E-state index >= 15 is 0 Å². The summed E-state index contributed by atoms with van der Waals surface area (Å²) in [6.07, 6.45) is 0.326. The summed E-state index contributed by atoms with van der Waals surface area (Å²) >= 11 is 4.87. The van der Waals surface area contributed by atoms with Crippen molar-refractivity contribution in [2.75, 3.05) is 0 Å². The number of carbonyl (C=O) groups excluding carboxylic acids is 1. The highest BCUT2D eigenvalue weighted by atomic mass is 32.1. The molecule has 0 spiro atoms. The van der Waals surface area contributed by atoms with E-state index in [1.165, 1.54) is 6.07 Å². The van der Waals surface area contributed by atoms with Crippen molar-refractivity contribution in [3.63, 3.8) is 0 Å². The molecule has 0 aliphatic heterocycles. The van der Waals surface area contributed by atoms with Gasteiger partial charge in [-0.3, -0.25) is 14.6 Å². The van der Waals surface area contributed by atoms with Crippen LogP contribution in [0.15, 0.2) is 23.0 Å². The molecule has 3 N–H and O–H groups in total. The minimum absolute atomic E-state index is 0.0859. The van der Waals surface area contributed by atoms with E-state index in [1.54, 1.807) is 13.8 Å². The predicted molar refractivity (Wildman–Crippen MR) is 88.2 cm³/mol. The lowest BCUT2D eigenvalue weighted by atomic mass is 10.1. The number of rotatable bonds is 5. The number of carbonyl (C=O) groups is 1. The standard InChI is InChI=1S/C16H17F2N3O2S/c1-8(10-3-5-12(17)13(18)7-10)19-14(22)6-4-11-9(2)20-16(24)21-15(11)23/h3,5,7-8H,4,6H2,1-2H3,(H,19,22)(H2,20,21,23,24). The Morgan fingerprint density at radius 1 is 1.29 bits per heavy atom. The van der Waals surface area contributed by atoms with Crippen LogP contribution >= 0.6 is 12.2 Å². The van der Waals surface area contributed by atoms with Crippen molar-refractivity contribution in [3.8, 4) is 0 Å². The molecule has 1 atom stereocenters. The summed E-state index contributed by atoms with van der Waals surface area (Å²) in [5, 5.41) is 2.69. The van der Waals surface area contributed by atoms with Gasteiger partial charge >= 0.3 is 0 Å². The maximum atomic E-state index is 13.2. The van der Waals surface area contributed by atoms with Crippen molar-refractivity contribution in [2.45, 2.75) is 32.7 Å². The maximum absolute atomic E-state index is 13.2. The molecule has 8 heteroatoms. The van der Waals surface area contributed by atoms with E-state index in [4.69, 9.17) is 12.2 Å². The van der Waals surface area contributed by atoms with E-state index in [1.807, 2.05) is 0 Å². The molecular weight excluding hydrogens is 336 g/mol. The molecule has 2 aromatic rings. The molecule has 1 aromatic carbocycles. The highest BCUT2D eigenvalue weighted by Gasteiger charge is 2.13. The number of aromatic amines is 2. The largest absolute Gasteiger partial charge is 0.350 e. The Balaban J connectivity index is 1.99. The van der Waals surface area contributed by atoms with Crippen LogP contribution in [0.3, 0.4) is 0 Å². The summed E-state index contributed by atoms with van der Waals surface area (Å²) in [5.41, 5.74) is 1.21. The number of aryl methyl sites for hydroxylation is 1. The highest BCUT2D eigenvalue weighted by molar-refractivity contribution is 7.71. The number of H-pyrrole nitrogens is 2. The molecule has 0 aliphatic rings. The summed E-state index contributed by atoms with van der Waals surface area (Å²) in [5.74, 6) is -2.20. The van der Waals surface area contributed by atoms with Crippen LogP contribution in [0.2, 0.25) is 0 Å². The topological polar surface area (TPSA) is 77.8 Å². The zero-order valence-electron chi connectivity index (χ0n) is 13.2. The Morgan fingerprint density at radius 2 is 2.00 bits per heavy atom. The Morgan fingerprint density at radius 3 is 2.62 bits per heavy atom. The molecule has 1 unspecified atom stereocenters. The van der Waals surface area contributed by atoms with Crippen molar-refractivity contribution in [1.29, 1.82) is 0 Å². The van der Waals surface area contributed by atoms with Crippen molar-refractivity contribution in [1.82, 2.24) is 15.3 Å². The molecule has 0 bridgehead atoms. The smallest absolute Gasteiger partial charge is 0.255 e. The van der Waals surface area contributed by atoms with Gasteiger partial charge in [-0.05, 0) is 50.2 Å². The number of hydrogen-bond donors (Lipinski definition) is 3. The minimum atomic E-state index is -0.963. The van der Waals surface area contributed by atoms with Crippen molar-refractivity contribution in [2.24, 2.45) is 0 Å². The normalized spacial score (nSPS) is 12.0. The molecular formula is C16H17F2N3O2S. The van der Waals surface area contributed by atoms with Crippen molar-refractivity contribution >= 4 is 18.1 Å². The first-order chi connectivity index (χ1) is 11.3. The zero-order valence-corrected chi connectivity index (χ0v) is 14.0. The molecule has 0 saturated carbocycles. The van der Waals surface area contributed by atoms with E-state index in [9.17, 15) is 18.4 Å². The molecule has 5 nitrogen and oxygen atoms in total. The first kappa shape index (κ1) is 18.0. The fourth-order valence-electron chi connectivity index (χ4n) is 2.34. The van der Waals surface area contributed by atoms with Crippen molar-refractivity contribution < 1.29 is 13.6 Å². The molecule has 128 valence electrons. The molecule has 2 rings (SSSR count). The van der Waals surface area contributed by atoms with Gasteiger partial charge in [0.1, 0.15) is 0 Å². The van der Waals surface area contributed by atoms with Gasteiger partial charge in [0.05, 0.1) is 6.04 Å². The molecule has 0 aliphatic carbocycles. The summed E-state index contributed by atoms with van der Waals surface area (Å²) in [6.45, 7) is 3.38. The van der Waals surface area contributed by atoms with E-state index in [0.717, 1.165) is 12.1 Å². The number of aromatic nitrogens is 2. The lowest BCUT2D eigenvalue weighted by Crippen LogP contribution is -2.28. The van der Waals surface area contributed by atoms with Crippen LogP contribution in [0.1, 0.15) is 36.2 Å². The highest BCUT2D eigenvalue weighted by Crippen LogP contribution is 2.16. The number of benzene rings is 1. The summed E-state index contributed by atoms with van der Waals surface area (Å²) < 4.78 is 26.4. The number of amides is 1. The van der Waals surface area contributed by atoms with Crippen LogP contribution in [0.5, 0.6) is 0 Å². The molecule has 0 saturated heterocycles. The second kappa shape index (κ2) is 7.48. The van der Waals surface area contributed by atoms with Crippen LogP contribution in [0.25, 0.3) is 0 Å². The minimum Gasteiger partial charge on any atom is -0.350 e. The van der Waals surface area contributed by atoms with Crippen molar-refractivity contribution in [3.05, 3.63) is 61.8 Å². The summed E-state index contributed by atoms with van der Waals surface area (Å²) in [6, 6.07) is 3.00. The van der Waals surface area contributed by atoms with E-state index in [-0.39, 0.29) is 29.1 Å². The fourth-order valence-corrected chi connectivity index (χ4v) is 2.59. The third-order valence-corrected chi connectivity index (χ3v) is 3.88. The molecule has 1 amide bonds. The van der Waals surface area contributed by atoms with E-state index in [0.29, 0.717) is 16.8 Å². The maximum Gasteiger partial charge on any atom is 0.255 e. The SMILES string of the molecule is Cc1[nH]c(=S)[nH]c(=O)c1CCC(=O)NC(C)c1ccc(F)c(F)c1. The quantitative estimate of drug-likeness (QED) is 0.724. The molecule has 1 aromatic heterocycles. The van der Waals surface area contributed by atoms with Gasteiger partial charge in [-0.2, -0.15) is 0 Å². The van der Waals surface area contributed by atoms with Gasteiger partial charge < -0.3 is 10.3 Å². The van der Waals surface area contributed by atoms with Gasteiger partial charge in [0.2, 0.25) is 5.91 Å². The van der Waals surface area contributed by atoms with Gasteiger partial charge in [-0.15, -0.1) is 0 Å². The number of nitrogens with one attached hydrogen (secondary N) is 3. The van der Waals surface area contributed by atoms with E-state index in [2.05, 4.69) is 15.3 Å².